The van der Waals surface area contributed by atoms with Crippen molar-refractivity contribution in [3.63, 3.8) is 0 Å². The summed E-state index contributed by atoms with van der Waals surface area (Å²) in [6, 6.07) is 7.22. The van der Waals surface area contributed by atoms with Crippen LogP contribution in [0, 0.1) is 0 Å². The number of fused-ring (bicyclic) bond motifs is 2. The number of nitrogens with zero attached hydrogens (tertiary/aromatic N) is 3. The molecule has 3 heterocycles. The van der Waals surface area contributed by atoms with E-state index in [1.165, 1.54) is 34.9 Å². The van der Waals surface area contributed by atoms with Crippen LogP contribution in [0.1, 0.15) is 11.3 Å². The van der Waals surface area contributed by atoms with Crippen molar-refractivity contribution in [2.45, 2.75) is 17.9 Å². The van der Waals surface area contributed by atoms with Crippen LogP contribution in [0.2, 0.25) is 0 Å². The lowest BCUT2D eigenvalue weighted by molar-refractivity contribution is 0.385. The first kappa shape index (κ1) is 15.7. The summed E-state index contributed by atoms with van der Waals surface area (Å²) in [5.74, 6) is 0.391. The van der Waals surface area contributed by atoms with Crippen LogP contribution >= 0.6 is 0 Å². The largest absolute Gasteiger partial charge is 0.423 e. The Hall–Kier alpha value is -2.78. The van der Waals surface area contributed by atoms with Gasteiger partial charge in [-0.3, -0.25) is 0 Å². The molecule has 8 nitrogen and oxygen atoms in total. The van der Waals surface area contributed by atoms with Crippen LogP contribution in [0.25, 0.3) is 11.0 Å². The Bertz CT molecular complexity index is 1140. The minimum Gasteiger partial charge on any atom is -0.423 e. The molecule has 2 aromatic heterocycles. The second-order valence-corrected chi connectivity index (χ2v) is 7.66. The average molecular weight is 358 g/mol. The van der Waals surface area contributed by atoms with E-state index in [0.717, 1.165) is 5.56 Å². The quantitative estimate of drug-likeness (QED) is 0.676. The van der Waals surface area contributed by atoms with Gasteiger partial charge in [0, 0.05) is 23.6 Å². The van der Waals surface area contributed by atoms with E-state index in [9.17, 15) is 13.2 Å². The first-order chi connectivity index (χ1) is 11.9. The summed E-state index contributed by atoms with van der Waals surface area (Å²) >= 11 is 0. The number of benzene rings is 1. The molecule has 0 unspecified atom stereocenters. The Kier molecular flexibility index (Phi) is 3.55. The summed E-state index contributed by atoms with van der Waals surface area (Å²) in [5.41, 5.74) is 7.11. The van der Waals surface area contributed by atoms with Crippen molar-refractivity contribution < 1.29 is 12.8 Å². The molecule has 3 aromatic rings. The third-order valence-corrected chi connectivity index (χ3v) is 6.07. The van der Waals surface area contributed by atoms with Gasteiger partial charge in [-0.25, -0.2) is 23.2 Å². The van der Waals surface area contributed by atoms with Crippen LogP contribution in [0.3, 0.4) is 0 Å². The Labute approximate surface area is 143 Å². The van der Waals surface area contributed by atoms with E-state index in [4.69, 9.17) is 10.2 Å². The molecule has 0 amide bonds. The zero-order chi connectivity index (χ0) is 17.6. The number of hydrogen-bond acceptors (Lipinski definition) is 7. The molecule has 9 heteroatoms. The fourth-order valence-corrected chi connectivity index (χ4v) is 4.36. The van der Waals surface area contributed by atoms with E-state index in [0.29, 0.717) is 35.4 Å². The molecule has 0 bridgehead atoms. The minimum atomic E-state index is -3.71. The first-order valence-corrected chi connectivity index (χ1v) is 9.01. The Morgan fingerprint density at radius 2 is 2.00 bits per heavy atom. The highest BCUT2D eigenvalue weighted by molar-refractivity contribution is 7.89. The van der Waals surface area contributed by atoms with E-state index in [1.54, 1.807) is 6.07 Å². The maximum Gasteiger partial charge on any atom is 0.336 e. The lowest BCUT2D eigenvalue weighted by atomic mass is 10.1. The number of aromatic nitrogens is 2. The summed E-state index contributed by atoms with van der Waals surface area (Å²) in [5, 5.41) is 0.546. The fourth-order valence-electron chi connectivity index (χ4n) is 2.92. The summed E-state index contributed by atoms with van der Waals surface area (Å²) in [6.07, 6.45) is 1.80. The standard InChI is InChI=1S/C16H14N4O4S/c17-16-12-5-6-20(8-13(12)18-9-19-16)25(22,23)11-2-3-14-10(7-11)1-4-15(21)24-14/h1-4,7,9H,5-6,8H2,(H2,17,18,19). The molecule has 2 N–H and O–H groups in total. The summed E-state index contributed by atoms with van der Waals surface area (Å²) < 4.78 is 32.3. The molecule has 0 fully saturated rings. The number of nitrogens with two attached hydrogens (primary N) is 1. The Balaban J connectivity index is 1.73. The molecule has 0 saturated heterocycles. The van der Waals surface area contributed by atoms with Crippen molar-refractivity contribution in [2.75, 3.05) is 12.3 Å². The zero-order valence-corrected chi connectivity index (χ0v) is 13.9. The number of rotatable bonds is 2. The van der Waals surface area contributed by atoms with E-state index >= 15 is 0 Å². The van der Waals surface area contributed by atoms with Gasteiger partial charge in [0.15, 0.2) is 0 Å². The van der Waals surface area contributed by atoms with Crippen molar-refractivity contribution in [3.8, 4) is 0 Å². The van der Waals surface area contributed by atoms with Gasteiger partial charge in [0.05, 0.1) is 17.1 Å². The van der Waals surface area contributed by atoms with Crippen LogP contribution in [0.4, 0.5) is 5.82 Å². The summed E-state index contributed by atoms with van der Waals surface area (Å²) in [7, 11) is -3.71. The van der Waals surface area contributed by atoms with Crippen LogP contribution in [-0.2, 0) is 23.0 Å². The van der Waals surface area contributed by atoms with E-state index < -0.39 is 15.6 Å². The second-order valence-electron chi connectivity index (χ2n) is 5.73. The van der Waals surface area contributed by atoms with Crippen LogP contribution in [-0.4, -0.2) is 29.2 Å². The van der Waals surface area contributed by atoms with Crippen molar-refractivity contribution in [2.24, 2.45) is 0 Å². The Morgan fingerprint density at radius 1 is 1.16 bits per heavy atom. The van der Waals surface area contributed by atoms with Gasteiger partial charge >= 0.3 is 5.63 Å². The van der Waals surface area contributed by atoms with E-state index in [-0.39, 0.29) is 11.4 Å². The molecule has 0 atom stereocenters. The highest BCUT2D eigenvalue weighted by Gasteiger charge is 2.30. The van der Waals surface area contributed by atoms with Crippen LogP contribution in [0.15, 0.2) is 50.8 Å². The van der Waals surface area contributed by atoms with Gasteiger partial charge < -0.3 is 10.2 Å². The fraction of sp³-hybridized carbons (Fsp3) is 0.188. The molecular weight excluding hydrogens is 344 g/mol. The van der Waals surface area contributed by atoms with Gasteiger partial charge in [-0.2, -0.15) is 4.31 Å². The molecule has 1 aromatic carbocycles. The van der Waals surface area contributed by atoms with E-state index in [1.807, 2.05) is 0 Å². The summed E-state index contributed by atoms with van der Waals surface area (Å²) in [4.78, 5) is 19.5. The van der Waals surface area contributed by atoms with Gasteiger partial charge in [-0.1, -0.05) is 0 Å². The molecule has 1 aliphatic heterocycles. The number of hydrogen-bond donors (Lipinski definition) is 1. The molecule has 25 heavy (non-hydrogen) atoms. The highest BCUT2D eigenvalue weighted by atomic mass is 32.2. The van der Waals surface area contributed by atoms with Crippen molar-refractivity contribution in [3.05, 3.63) is 58.3 Å². The topological polar surface area (TPSA) is 119 Å². The van der Waals surface area contributed by atoms with E-state index in [2.05, 4.69) is 9.97 Å². The molecule has 128 valence electrons. The van der Waals surface area contributed by atoms with Gasteiger partial charge in [-0.05, 0) is 30.7 Å². The number of nitrogen functional groups attached to an aromatic ring is 1. The van der Waals surface area contributed by atoms with Crippen molar-refractivity contribution >= 4 is 26.8 Å². The Morgan fingerprint density at radius 3 is 2.84 bits per heavy atom. The van der Waals surface area contributed by atoms with Crippen LogP contribution in [0.5, 0.6) is 0 Å². The SMILES string of the molecule is Nc1ncnc2c1CCN(S(=O)(=O)c1ccc3oc(=O)ccc3c1)C2. The predicted octanol–water partition coefficient (Wildman–Crippen LogP) is 0.912. The normalized spacial score (nSPS) is 15.2. The summed E-state index contributed by atoms with van der Waals surface area (Å²) in [6.45, 7) is 0.446. The highest BCUT2D eigenvalue weighted by Crippen LogP contribution is 2.27. The third kappa shape index (κ3) is 2.67. The second kappa shape index (κ2) is 5.64. The molecule has 0 spiro atoms. The molecule has 0 saturated carbocycles. The molecular formula is C16H14N4O4S. The van der Waals surface area contributed by atoms with Gasteiger partial charge in [0.25, 0.3) is 0 Å². The van der Waals surface area contributed by atoms with Crippen molar-refractivity contribution in [1.82, 2.24) is 14.3 Å². The molecule has 0 aliphatic carbocycles. The lowest BCUT2D eigenvalue weighted by Gasteiger charge is -2.27. The van der Waals surface area contributed by atoms with Crippen molar-refractivity contribution in [1.29, 1.82) is 0 Å². The van der Waals surface area contributed by atoms with Gasteiger partial charge in [0.2, 0.25) is 10.0 Å². The number of sulfonamides is 1. The average Bonchev–Trinajstić information content (AvgIpc) is 2.61. The predicted molar refractivity (Wildman–Crippen MR) is 90.2 cm³/mol. The number of anilines is 1. The monoisotopic (exact) mass is 358 g/mol. The lowest BCUT2D eigenvalue weighted by Crippen LogP contribution is -2.36. The maximum absolute atomic E-state index is 13.0. The maximum atomic E-state index is 13.0. The zero-order valence-electron chi connectivity index (χ0n) is 13.0. The van der Waals surface area contributed by atoms with Gasteiger partial charge in [0.1, 0.15) is 17.7 Å². The first-order valence-electron chi connectivity index (χ1n) is 7.57. The smallest absolute Gasteiger partial charge is 0.336 e. The molecule has 0 radical (unpaired) electrons. The third-order valence-electron chi connectivity index (χ3n) is 4.23. The van der Waals surface area contributed by atoms with Crippen LogP contribution < -0.4 is 11.4 Å². The molecule has 1 aliphatic rings. The van der Waals surface area contributed by atoms with Gasteiger partial charge in [-0.15, -0.1) is 0 Å². The minimum absolute atomic E-state index is 0.138. The molecule has 4 rings (SSSR count).